The van der Waals surface area contributed by atoms with Crippen molar-refractivity contribution < 1.29 is 14.3 Å². The predicted molar refractivity (Wildman–Crippen MR) is 100 cm³/mol. The number of nitrogens with one attached hydrogen (secondary N) is 1. The number of hydrogen-bond acceptors (Lipinski definition) is 4. The molecule has 1 saturated carbocycles. The van der Waals surface area contributed by atoms with E-state index >= 15 is 0 Å². The van der Waals surface area contributed by atoms with Crippen molar-refractivity contribution in [2.24, 2.45) is 0 Å². The normalized spacial score (nSPS) is 16.5. The Morgan fingerprint density at radius 1 is 1.26 bits per heavy atom. The van der Waals surface area contributed by atoms with Crippen LogP contribution in [0.25, 0.3) is 5.65 Å². The van der Waals surface area contributed by atoms with E-state index in [1.54, 1.807) is 0 Å². The van der Waals surface area contributed by atoms with Gasteiger partial charge in [-0.15, -0.1) is 0 Å². The third-order valence-electron chi connectivity index (χ3n) is 4.99. The van der Waals surface area contributed by atoms with E-state index in [1.807, 2.05) is 47.1 Å². The Kier molecular flexibility index (Phi) is 3.93. The van der Waals surface area contributed by atoms with Gasteiger partial charge in [0.25, 0.3) is 0 Å². The minimum Gasteiger partial charge on any atom is -0.454 e. The van der Waals surface area contributed by atoms with E-state index < -0.39 is 0 Å². The maximum absolute atomic E-state index is 12.6. The molecule has 138 valence electrons. The summed E-state index contributed by atoms with van der Waals surface area (Å²) in [6, 6.07) is 9.81. The average molecular weight is 384 g/mol. The average Bonchev–Trinajstić information content (AvgIpc) is 3.18. The second-order valence-corrected chi connectivity index (χ2v) is 7.41. The lowest BCUT2D eigenvalue weighted by atomic mass is 9.92. The first-order chi connectivity index (χ1) is 13.2. The molecule has 3 aromatic rings. The number of benzene rings is 1. The van der Waals surface area contributed by atoms with Crippen molar-refractivity contribution in [3.63, 3.8) is 0 Å². The first-order valence-corrected chi connectivity index (χ1v) is 9.36. The van der Waals surface area contributed by atoms with E-state index in [0.717, 1.165) is 35.5 Å². The van der Waals surface area contributed by atoms with Gasteiger partial charge in [0, 0.05) is 30.8 Å². The van der Waals surface area contributed by atoms with Crippen LogP contribution < -0.4 is 14.8 Å². The van der Waals surface area contributed by atoms with Crippen LogP contribution in [0.2, 0.25) is 5.02 Å². The molecular weight excluding hydrogens is 366 g/mol. The molecule has 7 heteroatoms. The third-order valence-corrected chi connectivity index (χ3v) is 5.21. The SMILES string of the molecule is O=C(CC(c1ccc2c(c1)OCO2)c1cnc2ccc(Cl)cn12)NC1CC1. The van der Waals surface area contributed by atoms with Crippen LogP contribution in [0.15, 0.2) is 42.7 Å². The standard InChI is InChI=1S/C20H18ClN3O3/c21-13-2-6-19-22-9-16(24(19)10-13)15(8-20(25)23-14-3-4-14)12-1-5-17-18(7-12)27-11-26-17/h1-2,5-7,9-10,14-15H,3-4,8,11H2,(H,23,25). The summed E-state index contributed by atoms with van der Waals surface area (Å²) < 4.78 is 12.9. The number of fused-ring (bicyclic) bond motifs is 2. The van der Waals surface area contributed by atoms with Gasteiger partial charge >= 0.3 is 0 Å². The summed E-state index contributed by atoms with van der Waals surface area (Å²) in [6.45, 7) is 0.219. The van der Waals surface area contributed by atoms with Gasteiger partial charge < -0.3 is 19.2 Å². The Morgan fingerprint density at radius 2 is 2.11 bits per heavy atom. The molecule has 1 aliphatic heterocycles. The number of carbonyl (C=O) groups is 1. The number of rotatable bonds is 5. The van der Waals surface area contributed by atoms with Crippen LogP contribution in [0.5, 0.6) is 11.5 Å². The molecule has 27 heavy (non-hydrogen) atoms. The molecule has 0 radical (unpaired) electrons. The summed E-state index contributed by atoms with van der Waals surface area (Å²) in [7, 11) is 0. The number of hydrogen-bond donors (Lipinski definition) is 1. The minimum atomic E-state index is -0.174. The summed E-state index contributed by atoms with van der Waals surface area (Å²) in [6.07, 6.45) is 6.09. The zero-order chi connectivity index (χ0) is 18.4. The number of carbonyl (C=O) groups excluding carboxylic acids is 1. The summed E-state index contributed by atoms with van der Waals surface area (Å²) in [5.41, 5.74) is 2.69. The van der Waals surface area contributed by atoms with E-state index in [2.05, 4.69) is 10.3 Å². The molecular formula is C20H18ClN3O3. The van der Waals surface area contributed by atoms with E-state index in [9.17, 15) is 4.79 Å². The van der Waals surface area contributed by atoms with E-state index in [-0.39, 0.29) is 18.6 Å². The zero-order valence-corrected chi connectivity index (χ0v) is 15.3. The number of nitrogens with zero attached hydrogens (tertiary/aromatic N) is 2. The fraction of sp³-hybridized carbons (Fsp3) is 0.300. The molecule has 2 aromatic heterocycles. The maximum Gasteiger partial charge on any atom is 0.231 e. The molecule has 1 aromatic carbocycles. The van der Waals surface area contributed by atoms with Crippen LogP contribution in [0, 0.1) is 0 Å². The van der Waals surface area contributed by atoms with Gasteiger partial charge in [-0.05, 0) is 42.7 Å². The van der Waals surface area contributed by atoms with Crippen LogP contribution in [0.1, 0.15) is 36.4 Å². The first kappa shape index (κ1) is 16.4. The molecule has 1 unspecified atom stereocenters. The molecule has 6 nitrogen and oxygen atoms in total. The number of aromatic nitrogens is 2. The summed E-state index contributed by atoms with van der Waals surface area (Å²) in [5, 5.41) is 3.70. The van der Waals surface area contributed by atoms with Crippen molar-refractivity contribution in [1.29, 1.82) is 0 Å². The number of halogens is 1. The lowest BCUT2D eigenvalue weighted by molar-refractivity contribution is -0.121. The molecule has 1 N–H and O–H groups in total. The van der Waals surface area contributed by atoms with Crippen molar-refractivity contribution in [3.05, 3.63) is 59.0 Å². The van der Waals surface area contributed by atoms with Gasteiger partial charge in [-0.25, -0.2) is 4.98 Å². The first-order valence-electron chi connectivity index (χ1n) is 8.99. The fourth-order valence-corrected chi connectivity index (χ4v) is 3.61. The maximum atomic E-state index is 12.6. The summed E-state index contributed by atoms with van der Waals surface area (Å²) >= 11 is 6.19. The number of ether oxygens (including phenoxy) is 2. The highest BCUT2D eigenvalue weighted by atomic mass is 35.5. The van der Waals surface area contributed by atoms with Crippen molar-refractivity contribution in [2.75, 3.05) is 6.79 Å². The quantitative estimate of drug-likeness (QED) is 0.732. The Balaban J connectivity index is 1.56. The topological polar surface area (TPSA) is 64.9 Å². The Labute approximate surface area is 161 Å². The predicted octanol–water partition coefficient (Wildman–Crippen LogP) is 3.52. The lowest BCUT2D eigenvalue weighted by Gasteiger charge is -2.18. The van der Waals surface area contributed by atoms with E-state index in [1.165, 1.54) is 0 Å². The van der Waals surface area contributed by atoms with Crippen molar-refractivity contribution in [2.45, 2.75) is 31.2 Å². The van der Waals surface area contributed by atoms with Crippen molar-refractivity contribution in [3.8, 4) is 11.5 Å². The van der Waals surface area contributed by atoms with Gasteiger partial charge in [-0.2, -0.15) is 0 Å². The molecule has 1 aliphatic carbocycles. The van der Waals surface area contributed by atoms with Gasteiger partial charge in [0.1, 0.15) is 5.65 Å². The second-order valence-electron chi connectivity index (χ2n) is 6.97. The Bertz CT molecular complexity index is 1030. The highest BCUT2D eigenvalue weighted by molar-refractivity contribution is 6.30. The molecule has 1 fully saturated rings. The van der Waals surface area contributed by atoms with Gasteiger partial charge in [0.15, 0.2) is 11.5 Å². The van der Waals surface area contributed by atoms with Crippen molar-refractivity contribution in [1.82, 2.24) is 14.7 Å². The van der Waals surface area contributed by atoms with Crippen molar-refractivity contribution >= 4 is 23.2 Å². The third kappa shape index (κ3) is 3.21. The van der Waals surface area contributed by atoms with Crippen LogP contribution >= 0.6 is 11.6 Å². The van der Waals surface area contributed by atoms with Crippen LogP contribution in [-0.2, 0) is 4.79 Å². The number of amides is 1. The molecule has 0 saturated heterocycles. The van der Waals surface area contributed by atoms with Gasteiger partial charge in [0.05, 0.1) is 10.7 Å². The molecule has 3 heterocycles. The number of pyridine rings is 1. The van der Waals surface area contributed by atoms with Gasteiger partial charge in [-0.1, -0.05) is 17.7 Å². The van der Waals surface area contributed by atoms with E-state index in [0.29, 0.717) is 23.2 Å². The number of imidazole rings is 1. The molecule has 1 atom stereocenters. The molecule has 1 amide bonds. The summed E-state index contributed by atoms with van der Waals surface area (Å²) in [4.78, 5) is 17.1. The second kappa shape index (κ2) is 6.46. The van der Waals surface area contributed by atoms with E-state index in [4.69, 9.17) is 21.1 Å². The molecule has 5 rings (SSSR count). The Morgan fingerprint density at radius 3 is 2.96 bits per heavy atom. The van der Waals surface area contributed by atoms with Crippen LogP contribution in [0.3, 0.4) is 0 Å². The van der Waals surface area contributed by atoms with Gasteiger partial charge in [0.2, 0.25) is 12.7 Å². The smallest absolute Gasteiger partial charge is 0.231 e. The molecule has 0 spiro atoms. The zero-order valence-electron chi connectivity index (χ0n) is 14.5. The van der Waals surface area contributed by atoms with Crippen LogP contribution in [-0.4, -0.2) is 28.1 Å². The largest absolute Gasteiger partial charge is 0.454 e. The highest BCUT2D eigenvalue weighted by Crippen LogP contribution is 2.38. The van der Waals surface area contributed by atoms with Gasteiger partial charge in [-0.3, -0.25) is 4.79 Å². The Hall–Kier alpha value is -2.73. The highest BCUT2D eigenvalue weighted by Gasteiger charge is 2.28. The lowest BCUT2D eigenvalue weighted by Crippen LogP contribution is -2.27. The summed E-state index contributed by atoms with van der Waals surface area (Å²) in [5.74, 6) is 1.29. The van der Waals surface area contributed by atoms with Crippen LogP contribution in [0.4, 0.5) is 0 Å². The molecule has 2 aliphatic rings. The molecule has 0 bridgehead atoms. The monoisotopic (exact) mass is 383 g/mol. The minimum absolute atomic E-state index is 0.0390. The fourth-order valence-electron chi connectivity index (χ4n) is 3.45.